The number of nitrogens with zero attached hydrogens (tertiary/aromatic N) is 2. The van der Waals surface area contributed by atoms with Crippen LogP contribution < -0.4 is 5.73 Å². The number of hydrogen-bond acceptors (Lipinski definition) is 4. The van der Waals surface area contributed by atoms with Crippen molar-refractivity contribution in [3.63, 3.8) is 0 Å². The molecule has 0 aromatic heterocycles. The highest BCUT2D eigenvalue weighted by atomic mass is 32.2. The predicted molar refractivity (Wildman–Crippen MR) is 78.8 cm³/mol. The molecule has 2 heterocycles. The van der Waals surface area contributed by atoms with Crippen molar-refractivity contribution in [2.45, 2.75) is 30.2 Å². The van der Waals surface area contributed by atoms with Crippen molar-refractivity contribution in [1.29, 1.82) is 0 Å². The summed E-state index contributed by atoms with van der Waals surface area (Å²) in [4.78, 5) is 2.37. The summed E-state index contributed by atoms with van der Waals surface area (Å²) < 4.78 is 40.2. The van der Waals surface area contributed by atoms with E-state index in [9.17, 15) is 12.8 Å². The van der Waals surface area contributed by atoms with Crippen LogP contribution in [0.15, 0.2) is 23.1 Å². The number of halogens is 1. The Balaban J connectivity index is 1.90. The van der Waals surface area contributed by atoms with Crippen molar-refractivity contribution < 1.29 is 12.8 Å². The van der Waals surface area contributed by atoms with E-state index in [-0.39, 0.29) is 10.6 Å². The van der Waals surface area contributed by atoms with Crippen LogP contribution in [0.3, 0.4) is 0 Å². The molecule has 0 saturated carbocycles. The van der Waals surface area contributed by atoms with Crippen molar-refractivity contribution >= 4 is 15.7 Å². The predicted octanol–water partition coefficient (Wildman–Crippen LogP) is 1.27. The summed E-state index contributed by atoms with van der Waals surface area (Å²) >= 11 is 0. The quantitative estimate of drug-likeness (QED) is 0.835. The minimum absolute atomic E-state index is 0.00958. The molecular weight excluding hydrogens is 293 g/mol. The minimum atomic E-state index is -3.66. The van der Waals surface area contributed by atoms with Gasteiger partial charge in [0, 0.05) is 19.1 Å². The van der Waals surface area contributed by atoms with Crippen LogP contribution >= 0.6 is 0 Å². The van der Waals surface area contributed by atoms with Crippen molar-refractivity contribution in [3.8, 4) is 0 Å². The molecule has 3 rings (SSSR count). The van der Waals surface area contributed by atoms with Gasteiger partial charge in [0.25, 0.3) is 0 Å². The molecule has 1 aromatic carbocycles. The summed E-state index contributed by atoms with van der Waals surface area (Å²) in [6, 6.07) is 3.76. The molecule has 7 heteroatoms. The van der Waals surface area contributed by atoms with Crippen LogP contribution in [0.4, 0.5) is 10.1 Å². The van der Waals surface area contributed by atoms with Gasteiger partial charge in [-0.05, 0) is 50.6 Å². The molecule has 2 saturated heterocycles. The lowest BCUT2D eigenvalue weighted by Crippen LogP contribution is -2.39. The molecule has 21 heavy (non-hydrogen) atoms. The lowest BCUT2D eigenvalue weighted by atomic mass is 10.2. The molecule has 1 unspecified atom stereocenters. The van der Waals surface area contributed by atoms with Crippen LogP contribution in [-0.2, 0) is 10.0 Å². The summed E-state index contributed by atoms with van der Waals surface area (Å²) in [6.45, 7) is 2.98. The van der Waals surface area contributed by atoms with Crippen LogP contribution in [-0.4, -0.2) is 49.8 Å². The zero-order valence-corrected chi connectivity index (χ0v) is 12.7. The van der Waals surface area contributed by atoms with Crippen molar-refractivity contribution in [3.05, 3.63) is 24.0 Å². The number of sulfonamides is 1. The maximum Gasteiger partial charge on any atom is 0.245 e. The van der Waals surface area contributed by atoms with Gasteiger partial charge in [-0.3, -0.25) is 4.90 Å². The fourth-order valence-corrected chi connectivity index (χ4v) is 4.90. The van der Waals surface area contributed by atoms with Gasteiger partial charge in [-0.15, -0.1) is 0 Å². The monoisotopic (exact) mass is 313 g/mol. The largest absolute Gasteiger partial charge is 0.398 e. The molecule has 2 aliphatic rings. The summed E-state index contributed by atoms with van der Waals surface area (Å²) in [5.41, 5.74) is 5.68. The smallest absolute Gasteiger partial charge is 0.245 e. The molecule has 0 spiro atoms. The Bertz CT molecular complexity index is 635. The van der Waals surface area contributed by atoms with E-state index in [1.165, 1.54) is 10.4 Å². The third-order valence-corrected chi connectivity index (χ3v) is 6.30. The number of nitrogen functional groups attached to an aromatic ring is 1. The number of anilines is 1. The second kappa shape index (κ2) is 5.55. The van der Waals surface area contributed by atoms with Crippen molar-refractivity contribution in [2.75, 3.05) is 31.9 Å². The van der Waals surface area contributed by atoms with Gasteiger partial charge in [0.15, 0.2) is 0 Å². The second-order valence-corrected chi connectivity index (χ2v) is 7.64. The van der Waals surface area contributed by atoms with Crippen LogP contribution in [0.5, 0.6) is 0 Å². The number of hydrogen-bond donors (Lipinski definition) is 1. The lowest BCUT2D eigenvalue weighted by molar-refractivity contribution is 0.257. The molecule has 5 nitrogen and oxygen atoms in total. The van der Waals surface area contributed by atoms with Crippen molar-refractivity contribution in [1.82, 2.24) is 9.21 Å². The molecule has 116 valence electrons. The average molecular weight is 313 g/mol. The first-order chi connectivity index (χ1) is 9.98. The maximum atomic E-state index is 13.1. The van der Waals surface area contributed by atoms with E-state index in [1.54, 1.807) is 0 Å². The molecule has 1 aromatic rings. The van der Waals surface area contributed by atoms with E-state index < -0.39 is 15.8 Å². The Morgan fingerprint density at radius 2 is 1.95 bits per heavy atom. The molecular formula is C14H20FN3O2S. The van der Waals surface area contributed by atoms with Gasteiger partial charge < -0.3 is 5.73 Å². The molecule has 2 N–H and O–H groups in total. The zero-order chi connectivity index (χ0) is 15.0. The highest BCUT2D eigenvalue weighted by Gasteiger charge is 2.35. The fraction of sp³-hybridized carbons (Fsp3) is 0.571. The normalized spacial score (nSPS) is 24.7. The van der Waals surface area contributed by atoms with E-state index >= 15 is 0 Å². The number of rotatable bonds is 2. The number of benzene rings is 1. The van der Waals surface area contributed by atoms with Gasteiger partial charge in [-0.2, -0.15) is 4.31 Å². The first-order valence-electron chi connectivity index (χ1n) is 7.28. The van der Waals surface area contributed by atoms with E-state index in [4.69, 9.17) is 5.73 Å². The van der Waals surface area contributed by atoms with Crippen LogP contribution in [0.2, 0.25) is 0 Å². The first-order valence-corrected chi connectivity index (χ1v) is 8.72. The van der Waals surface area contributed by atoms with Gasteiger partial charge >= 0.3 is 0 Å². The Morgan fingerprint density at radius 1 is 1.19 bits per heavy atom. The van der Waals surface area contributed by atoms with E-state index in [2.05, 4.69) is 4.90 Å². The van der Waals surface area contributed by atoms with Gasteiger partial charge in [0.05, 0.1) is 5.69 Å². The van der Waals surface area contributed by atoms with E-state index in [1.807, 2.05) is 0 Å². The van der Waals surface area contributed by atoms with Gasteiger partial charge in [0.2, 0.25) is 10.0 Å². The third-order valence-electron chi connectivity index (χ3n) is 4.36. The third kappa shape index (κ3) is 2.77. The lowest BCUT2D eigenvalue weighted by Gasteiger charge is -2.25. The Hall–Kier alpha value is -1.18. The van der Waals surface area contributed by atoms with Gasteiger partial charge in [-0.25, -0.2) is 12.8 Å². The maximum absolute atomic E-state index is 13.1. The molecule has 2 aliphatic heterocycles. The second-order valence-electron chi connectivity index (χ2n) is 5.73. The average Bonchev–Trinajstić information content (AvgIpc) is 2.75. The minimum Gasteiger partial charge on any atom is -0.398 e. The number of nitrogens with two attached hydrogens (primary N) is 1. The first kappa shape index (κ1) is 14.7. The van der Waals surface area contributed by atoms with Gasteiger partial charge in [0.1, 0.15) is 10.7 Å². The molecule has 1 atom stereocenters. The summed E-state index contributed by atoms with van der Waals surface area (Å²) in [7, 11) is -3.66. The highest BCUT2D eigenvalue weighted by molar-refractivity contribution is 7.89. The summed E-state index contributed by atoms with van der Waals surface area (Å²) in [5, 5.41) is 0. The zero-order valence-electron chi connectivity index (χ0n) is 11.8. The van der Waals surface area contributed by atoms with Crippen LogP contribution in [0, 0.1) is 5.82 Å². The van der Waals surface area contributed by atoms with Gasteiger partial charge in [-0.1, -0.05) is 0 Å². The fourth-order valence-electron chi connectivity index (χ4n) is 3.28. The standard InChI is InChI=1S/C14H20FN3O2S/c15-11-4-5-14(13(16)9-11)21(19,20)18-8-2-7-17-6-1-3-12(17)10-18/h4-5,9,12H,1-3,6-8,10,16H2. The highest BCUT2D eigenvalue weighted by Crippen LogP contribution is 2.28. The van der Waals surface area contributed by atoms with E-state index in [0.717, 1.165) is 44.5 Å². The topological polar surface area (TPSA) is 66.6 Å². The molecule has 0 bridgehead atoms. The number of fused-ring (bicyclic) bond motifs is 1. The molecule has 0 radical (unpaired) electrons. The summed E-state index contributed by atoms with van der Waals surface area (Å²) in [6.07, 6.45) is 2.97. The van der Waals surface area contributed by atoms with E-state index in [0.29, 0.717) is 19.1 Å². The SMILES string of the molecule is Nc1cc(F)ccc1S(=O)(=O)N1CCCN2CCCC2C1. The van der Waals surface area contributed by atoms with Crippen LogP contribution in [0.25, 0.3) is 0 Å². The Kier molecular flexibility index (Phi) is 3.90. The Morgan fingerprint density at radius 3 is 2.71 bits per heavy atom. The molecule has 2 fully saturated rings. The Labute approximate surface area is 124 Å². The molecule has 0 amide bonds. The molecule has 0 aliphatic carbocycles. The van der Waals surface area contributed by atoms with Crippen LogP contribution in [0.1, 0.15) is 19.3 Å². The van der Waals surface area contributed by atoms with Crippen molar-refractivity contribution in [2.24, 2.45) is 0 Å². The summed E-state index contributed by atoms with van der Waals surface area (Å²) in [5.74, 6) is -0.524.